The summed E-state index contributed by atoms with van der Waals surface area (Å²) in [5, 5.41) is 10.4. The first kappa shape index (κ1) is 24.4. The van der Waals surface area contributed by atoms with Crippen LogP contribution in [0.4, 0.5) is 11.4 Å². The highest BCUT2D eigenvalue weighted by Gasteiger charge is 2.07. The van der Waals surface area contributed by atoms with Crippen LogP contribution >= 0.6 is 0 Å². The molecule has 2 aromatic carbocycles. The molecule has 4 amide bonds. The van der Waals surface area contributed by atoms with Crippen molar-refractivity contribution in [2.24, 2.45) is 0 Å². The van der Waals surface area contributed by atoms with E-state index < -0.39 is 0 Å². The Morgan fingerprint density at radius 3 is 1.83 bits per heavy atom. The van der Waals surface area contributed by atoms with Crippen molar-refractivity contribution >= 4 is 35.5 Å². The average molecular weight is 412 g/mol. The molecule has 0 radical (unpaired) electrons. The second-order valence-corrected chi connectivity index (χ2v) is 6.13. The number of hydrogen-bond acceptors (Lipinski definition) is 4. The quantitative estimate of drug-likeness (QED) is 0.448. The fourth-order valence-corrected chi connectivity index (χ4v) is 2.29. The van der Waals surface area contributed by atoms with E-state index in [4.69, 9.17) is 0 Å². The van der Waals surface area contributed by atoms with Crippen LogP contribution in [0, 0.1) is 0 Å². The second-order valence-electron chi connectivity index (χ2n) is 6.13. The molecule has 0 aliphatic rings. The number of benzene rings is 2. The molecule has 0 aliphatic heterocycles. The highest BCUT2D eigenvalue weighted by atomic mass is 16.2. The minimum absolute atomic E-state index is 0.0629. The Morgan fingerprint density at radius 1 is 0.767 bits per heavy atom. The molecule has 0 saturated carbocycles. The summed E-state index contributed by atoms with van der Waals surface area (Å²) < 4.78 is 0. The van der Waals surface area contributed by atoms with Gasteiger partial charge in [0.15, 0.2) is 0 Å². The van der Waals surface area contributed by atoms with Crippen molar-refractivity contribution in [1.82, 2.24) is 10.6 Å². The highest BCUT2D eigenvalue weighted by Crippen LogP contribution is 2.04. The molecule has 0 aliphatic carbocycles. The van der Waals surface area contributed by atoms with Gasteiger partial charge >= 0.3 is 0 Å². The van der Waals surface area contributed by atoms with Crippen LogP contribution in [-0.4, -0.2) is 37.2 Å². The van der Waals surface area contributed by atoms with Crippen LogP contribution in [0.25, 0.3) is 0 Å². The van der Waals surface area contributed by atoms with Gasteiger partial charge in [0.05, 0.1) is 6.54 Å². The Bertz CT molecular complexity index is 782. The Morgan fingerprint density at radius 2 is 1.30 bits per heavy atom. The summed E-state index contributed by atoms with van der Waals surface area (Å²) in [7, 11) is 0. The van der Waals surface area contributed by atoms with E-state index in [1.807, 2.05) is 55.5 Å². The van der Waals surface area contributed by atoms with Crippen LogP contribution in [0.2, 0.25) is 0 Å². The molecule has 2 aromatic rings. The molecule has 30 heavy (non-hydrogen) atoms. The smallest absolute Gasteiger partial charge is 0.243 e. The normalized spacial score (nSPS) is 9.37. The van der Waals surface area contributed by atoms with Gasteiger partial charge in [0.25, 0.3) is 0 Å². The Hall–Kier alpha value is -3.68. The molecule has 4 N–H and O–H groups in total. The van der Waals surface area contributed by atoms with Crippen LogP contribution in [0.15, 0.2) is 60.7 Å². The Kier molecular flexibility index (Phi) is 12.4. The largest absolute Gasteiger partial charge is 0.356 e. The lowest BCUT2D eigenvalue weighted by Gasteiger charge is -2.07. The average Bonchev–Trinajstić information content (AvgIpc) is 2.75. The molecule has 0 unspecified atom stereocenters. The van der Waals surface area contributed by atoms with Crippen molar-refractivity contribution in [3.05, 3.63) is 60.7 Å². The van der Waals surface area contributed by atoms with Gasteiger partial charge in [-0.05, 0) is 37.6 Å². The lowest BCUT2D eigenvalue weighted by molar-refractivity contribution is -0.124. The van der Waals surface area contributed by atoms with Gasteiger partial charge in [0.1, 0.15) is 0 Å². The summed E-state index contributed by atoms with van der Waals surface area (Å²) in [6.45, 7) is 2.36. The summed E-state index contributed by atoms with van der Waals surface area (Å²) in [6.07, 6.45) is 1.68. The van der Waals surface area contributed by atoms with Crippen LogP contribution in [-0.2, 0) is 19.2 Å². The molecule has 0 fully saturated rings. The number of carbonyl (C=O) groups is 4. The number of hydrogen-bond donors (Lipinski definition) is 4. The van der Waals surface area contributed by atoms with Crippen molar-refractivity contribution in [3.63, 3.8) is 0 Å². The lowest BCUT2D eigenvalue weighted by atomic mass is 10.2. The molecular weight excluding hydrogens is 384 g/mol. The maximum atomic E-state index is 11.6. The Balaban J connectivity index is 0.000000414. The van der Waals surface area contributed by atoms with E-state index in [0.29, 0.717) is 31.5 Å². The fourth-order valence-electron chi connectivity index (χ4n) is 2.29. The van der Waals surface area contributed by atoms with Crippen molar-refractivity contribution in [3.8, 4) is 0 Å². The zero-order valence-electron chi connectivity index (χ0n) is 17.0. The first-order chi connectivity index (χ1) is 14.5. The zero-order chi connectivity index (χ0) is 22.0. The summed E-state index contributed by atoms with van der Waals surface area (Å²) in [6, 6.07) is 18.3. The number of rotatable bonds is 10. The minimum atomic E-state index is -0.279. The maximum absolute atomic E-state index is 11.6. The molecule has 8 heteroatoms. The number of para-hydroxylation sites is 2. The van der Waals surface area contributed by atoms with E-state index >= 15 is 0 Å². The van der Waals surface area contributed by atoms with Crippen molar-refractivity contribution in [2.75, 3.05) is 23.7 Å². The van der Waals surface area contributed by atoms with Gasteiger partial charge in [-0.25, -0.2) is 0 Å². The van der Waals surface area contributed by atoms with E-state index in [2.05, 4.69) is 21.3 Å². The van der Waals surface area contributed by atoms with Gasteiger partial charge in [-0.15, -0.1) is 0 Å². The third kappa shape index (κ3) is 11.9. The van der Waals surface area contributed by atoms with E-state index in [9.17, 15) is 19.2 Å². The third-order valence-corrected chi connectivity index (χ3v) is 3.68. The first-order valence-electron chi connectivity index (χ1n) is 9.68. The molecule has 0 atom stereocenters. The van der Waals surface area contributed by atoms with E-state index in [-0.39, 0.29) is 30.7 Å². The predicted molar refractivity (Wildman–Crippen MR) is 117 cm³/mol. The molecule has 0 bridgehead atoms. The first-order valence-corrected chi connectivity index (χ1v) is 9.68. The van der Waals surface area contributed by atoms with E-state index in [1.165, 1.54) is 0 Å². The summed E-state index contributed by atoms with van der Waals surface area (Å²) >= 11 is 0. The van der Waals surface area contributed by atoms with Crippen LogP contribution < -0.4 is 21.3 Å². The SMILES string of the molecule is CCNC(=O)CCCC(=O)NCC(=O)Nc1ccccc1.O=CNc1ccccc1. The molecule has 0 heterocycles. The van der Waals surface area contributed by atoms with Crippen LogP contribution in [0.3, 0.4) is 0 Å². The number of nitrogens with one attached hydrogen (secondary N) is 4. The monoisotopic (exact) mass is 412 g/mol. The van der Waals surface area contributed by atoms with Gasteiger partial charge in [-0.3, -0.25) is 19.2 Å². The standard InChI is InChI=1S/C15H21N3O3.C7H7NO/c1-2-16-13(19)9-6-10-14(20)17-11-15(21)18-12-7-4-3-5-8-12;9-6-8-7-4-2-1-3-5-7/h3-5,7-8H,2,6,9-11H2,1H3,(H,16,19)(H,17,20)(H,18,21);1-6H,(H,8,9). The molecular formula is C22H28N4O4. The van der Waals surface area contributed by atoms with Gasteiger partial charge < -0.3 is 21.3 Å². The highest BCUT2D eigenvalue weighted by molar-refractivity contribution is 5.94. The third-order valence-electron chi connectivity index (χ3n) is 3.68. The van der Waals surface area contributed by atoms with E-state index in [0.717, 1.165) is 5.69 Å². The summed E-state index contributed by atoms with van der Waals surface area (Å²) in [4.78, 5) is 44.2. The number of amides is 4. The van der Waals surface area contributed by atoms with Gasteiger partial charge in [-0.1, -0.05) is 36.4 Å². The molecule has 8 nitrogen and oxygen atoms in total. The number of carbonyl (C=O) groups excluding carboxylic acids is 4. The van der Waals surface area contributed by atoms with Crippen molar-refractivity contribution < 1.29 is 19.2 Å². The predicted octanol–water partition coefficient (Wildman–Crippen LogP) is 2.30. The van der Waals surface area contributed by atoms with Gasteiger partial charge in [0.2, 0.25) is 24.1 Å². The lowest BCUT2D eigenvalue weighted by Crippen LogP contribution is -2.33. The second kappa shape index (κ2) is 15.3. The van der Waals surface area contributed by atoms with Crippen molar-refractivity contribution in [1.29, 1.82) is 0 Å². The fraction of sp³-hybridized carbons (Fsp3) is 0.273. The minimum Gasteiger partial charge on any atom is -0.356 e. The van der Waals surface area contributed by atoms with E-state index in [1.54, 1.807) is 12.1 Å². The molecule has 0 aromatic heterocycles. The zero-order valence-corrected chi connectivity index (χ0v) is 17.0. The van der Waals surface area contributed by atoms with Crippen LogP contribution in [0.1, 0.15) is 26.2 Å². The maximum Gasteiger partial charge on any atom is 0.243 e. The van der Waals surface area contributed by atoms with Gasteiger partial charge in [-0.2, -0.15) is 0 Å². The number of anilines is 2. The summed E-state index contributed by atoms with van der Waals surface area (Å²) in [5.74, 6) is -0.576. The van der Waals surface area contributed by atoms with Crippen molar-refractivity contribution in [2.45, 2.75) is 26.2 Å². The Labute approximate surface area is 176 Å². The summed E-state index contributed by atoms with van der Waals surface area (Å²) in [5.41, 5.74) is 1.51. The van der Waals surface area contributed by atoms with Crippen LogP contribution in [0.5, 0.6) is 0 Å². The van der Waals surface area contributed by atoms with Gasteiger partial charge in [0, 0.05) is 30.8 Å². The molecule has 0 spiro atoms. The molecule has 0 saturated heterocycles. The molecule has 2 rings (SSSR count). The molecule has 160 valence electrons. The topological polar surface area (TPSA) is 116 Å².